The van der Waals surface area contributed by atoms with Crippen molar-refractivity contribution in [3.8, 4) is 0 Å². The van der Waals surface area contributed by atoms with Crippen LogP contribution in [0.25, 0.3) is 0 Å². The van der Waals surface area contributed by atoms with E-state index in [2.05, 4.69) is 16.3 Å². The maximum Gasteiger partial charge on any atom is 0.239 e. The van der Waals surface area contributed by atoms with Crippen LogP contribution in [0.2, 0.25) is 0 Å². The van der Waals surface area contributed by atoms with Gasteiger partial charge in [0.05, 0.1) is 6.54 Å². The van der Waals surface area contributed by atoms with Gasteiger partial charge >= 0.3 is 0 Å². The van der Waals surface area contributed by atoms with Crippen LogP contribution in [-0.2, 0) is 4.79 Å². The smallest absolute Gasteiger partial charge is 0.239 e. The van der Waals surface area contributed by atoms with E-state index in [1.165, 1.54) is 0 Å². The van der Waals surface area contributed by atoms with Crippen molar-refractivity contribution < 1.29 is 4.79 Å². The lowest BCUT2D eigenvalue weighted by molar-refractivity contribution is -0.120. The Labute approximate surface area is 77.4 Å². The predicted molar refractivity (Wildman–Crippen MR) is 50.5 cm³/mol. The Hall–Kier alpha value is -1.51. The molecule has 1 aromatic rings. The minimum Gasteiger partial charge on any atom is -0.360 e. The molecule has 0 aromatic heterocycles. The normalized spacial score (nSPS) is 16.9. The number of amides is 1. The quantitative estimate of drug-likeness (QED) is 0.671. The zero-order chi connectivity index (χ0) is 9.10. The number of nitrogens with one attached hydrogen (secondary N) is 1. The Kier molecular flexibility index (Phi) is 2.17. The summed E-state index contributed by atoms with van der Waals surface area (Å²) in [6.45, 7) is 2.08. The van der Waals surface area contributed by atoms with E-state index in [9.17, 15) is 4.79 Å². The topological polar surface area (TPSA) is 32.3 Å². The molecule has 1 aliphatic rings. The van der Waals surface area contributed by atoms with E-state index < -0.39 is 0 Å². The molecule has 1 amide bonds. The molecule has 1 radical (unpaired) electrons. The van der Waals surface area contributed by atoms with Crippen LogP contribution in [0.4, 0.5) is 5.69 Å². The van der Waals surface area contributed by atoms with Gasteiger partial charge in [0.2, 0.25) is 5.91 Å². The minimum atomic E-state index is 0.0964. The highest BCUT2D eigenvalue weighted by Gasteiger charge is 2.15. The van der Waals surface area contributed by atoms with E-state index in [1.807, 2.05) is 24.3 Å². The number of nitrogens with zero attached hydrogens (tertiary/aromatic N) is 1. The SMILES string of the molecule is O=C1CN(c2cc[c]cc2)CCN1. The van der Waals surface area contributed by atoms with Gasteiger partial charge in [-0.1, -0.05) is 12.1 Å². The first-order valence-electron chi connectivity index (χ1n) is 4.34. The fourth-order valence-electron chi connectivity index (χ4n) is 1.45. The van der Waals surface area contributed by atoms with Gasteiger partial charge in [-0.2, -0.15) is 0 Å². The fourth-order valence-corrected chi connectivity index (χ4v) is 1.45. The molecular formula is C10H11N2O. The molecule has 0 spiro atoms. The first-order chi connectivity index (χ1) is 6.36. The summed E-state index contributed by atoms with van der Waals surface area (Å²) < 4.78 is 0. The second-order valence-electron chi connectivity index (χ2n) is 3.03. The number of piperazine rings is 1. The Balaban J connectivity index is 2.13. The van der Waals surface area contributed by atoms with Crippen LogP contribution in [0, 0.1) is 6.07 Å². The number of rotatable bonds is 1. The van der Waals surface area contributed by atoms with Gasteiger partial charge in [0, 0.05) is 18.8 Å². The molecule has 1 fully saturated rings. The van der Waals surface area contributed by atoms with Crippen molar-refractivity contribution in [1.29, 1.82) is 0 Å². The number of carbonyl (C=O) groups is 1. The molecule has 0 bridgehead atoms. The summed E-state index contributed by atoms with van der Waals surface area (Å²) in [7, 11) is 0. The van der Waals surface area contributed by atoms with E-state index in [1.54, 1.807) is 0 Å². The molecule has 0 saturated carbocycles. The molecule has 3 nitrogen and oxygen atoms in total. The molecule has 2 rings (SSSR count). The van der Waals surface area contributed by atoms with Gasteiger partial charge in [-0.05, 0) is 18.2 Å². The zero-order valence-corrected chi connectivity index (χ0v) is 7.29. The van der Waals surface area contributed by atoms with Crippen LogP contribution >= 0.6 is 0 Å². The van der Waals surface area contributed by atoms with E-state index in [-0.39, 0.29) is 5.91 Å². The van der Waals surface area contributed by atoms with Crippen LogP contribution in [-0.4, -0.2) is 25.5 Å². The fraction of sp³-hybridized carbons (Fsp3) is 0.300. The molecule has 1 heterocycles. The van der Waals surface area contributed by atoms with Gasteiger partial charge in [-0.3, -0.25) is 4.79 Å². The average Bonchev–Trinajstić information content (AvgIpc) is 2.19. The molecule has 1 saturated heterocycles. The first-order valence-corrected chi connectivity index (χ1v) is 4.34. The standard InChI is InChI=1S/C10H11N2O/c13-10-8-12(7-6-11-10)9-4-2-1-3-5-9/h2-5H,6-8H2,(H,11,13). The van der Waals surface area contributed by atoms with Gasteiger partial charge in [0.1, 0.15) is 0 Å². The van der Waals surface area contributed by atoms with Gasteiger partial charge < -0.3 is 10.2 Å². The summed E-state index contributed by atoms with van der Waals surface area (Å²) in [6.07, 6.45) is 0. The van der Waals surface area contributed by atoms with E-state index >= 15 is 0 Å². The highest BCUT2D eigenvalue weighted by atomic mass is 16.2. The average molecular weight is 175 g/mol. The van der Waals surface area contributed by atoms with Crippen molar-refractivity contribution in [1.82, 2.24) is 5.32 Å². The molecule has 13 heavy (non-hydrogen) atoms. The third-order valence-corrected chi connectivity index (χ3v) is 2.10. The number of benzene rings is 1. The second kappa shape index (κ2) is 3.47. The van der Waals surface area contributed by atoms with Crippen LogP contribution < -0.4 is 10.2 Å². The minimum absolute atomic E-state index is 0.0964. The van der Waals surface area contributed by atoms with Crippen molar-refractivity contribution in [2.24, 2.45) is 0 Å². The number of anilines is 1. The van der Waals surface area contributed by atoms with Gasteiger partial charge in [-0.25, -0.2) is 0 Å². The second-order valence-corrected chi connectivity index (χ2v) is 3.03. The predicted octanol–water partition coefficient (Wildman–Crippen LogP) is 0.423. The van der Waals surface area contributed by atoms with Crippen molar-refractivity contribution in [2.45, 2.75) is 0 Å². The highest BCUT2D eigenvalue weighted by molar-refractivity contribution is 5.82. The molecule has 0 aliphatic carbocycles. The maximum atomic E-state index is 11.1. The molecule has 0 unspecified atom stereocenters. The van der Waals surface area contributed by atoms with Crippen molar-refractivity contribution >= 4 is 11.6 Å². The van der Waals surface area contributed by atoms with Crippen LogP contribution in [0.15, 0.2) is 24.3 Å². The van der Waals surface area contributed by atoms with Gasteiger partial charge in [-0.15, -0.1) is 0 Å². The van der Waals surface area contributed by atoms with Crippen LogP contribution in [0.1, 0.15) is 0 Å². The largest absolute Gasteiger partial charge is 0.360 e. The van der Waals surface area contributed by atoms with Crippen LogP contribution in [0.5, 0.6) is 0 Å². The van der Waals surface area contributed by atoms with Crippen molar-refractivity contribution in [3.05, 3.63) is 30.3 Å². The summed E-state index contributed by atoms with van der Waals surface area (Å²) in [5.41, 5.74) is 1.09. The number of carbonyl (C=O) groups excluding carboxylic acids is 1. The van der Waals surface area contributed by atoms with Gasteiger partial charge in [0.15, 0.2) is 0 Å². The zero-order valence-electron chi connectivity index (χ0n) is 7.29. The Morgan fingerprint density at radius 1 is 1.38 bits per heavy atom. The maximum absolute atomic E-state index is 11.1. The Bertz CT molecular complexity index is 297. The van der Waals surface area contributed by atoms with E-state index in [0.29, 0.717) is 6.54 Å². The molecule has 1 aromatic carbocycles. The monoisotopic (exact) mass is 175 g/mol. The van der Waals surface area contributed by atoms with Crippen molar-refractivity contribution in [2.75, 3.05) is 24.5 Å². The van der Waals surface area contributed by atoms with Gasteiger partial charge in [0.25, 0.3) is 0 Å². The number of hydrogen-bond acceptors (Lipinski definition) is 2. The molecule has 0 atom stereocenters. The number of hydrogen-bond donors (Lipinski definition) is 1. The summed E-state index contributed by atoms with van der Waals surface area (Å²) in [5, 5.41) is 2.79. The molecule has 3 heteroatoms. The lowest BCUT2D eigenvalue weighted by Gasteiger charge is -2.28. The Morgan fingerprint density at radius 2 is 2.15 bits per heavy atom. The summed E-state index contributed by atoms with van der Waals surface area (Å²) in [4.78, 5) is 13.1. The summed E-state index contributed by atoms with van der Waals surface area (Å²) in [6, 6.07) is 10.6. The highest BCUT2D eigenvalue weighted by Crippen LogP contribution is 2.12. The first kappa shape index (κ1) is 8.10. The third-order valence-electron chi connectivity index (χ3n) is 2.10. The third kappa shape index (κ3) is 1.80. The van der Waals surface area contributed by atoms with E-state index in [4.69, 9.17) is 0 Å². The van der Waals surface area contributed by atoms with E-state index in [0.717, 1.165) is 18.8 Å². The van der Waals surface area contributed by atoms with Crippen molar-refractivity contribution in [3.63, 3.8) is 0 Å². The molecule has 1 N–H and O–H groups in total. The molecule has 67 valence electrons. The lowest BCUT2D eigenvalue weighted by atomic mass is 10.2. The Morgan fingerprint density at radius 3 is 2.85 bits per heavy atom. The molecular weight excluding hydrogens is 164 g/mol. The lowest BCUT2D eigenvalue weighted by Crippen LogP contribution is -2.47. The van der Waals surface area contributed by atoms with Crippen LogP contribution in [0.3, 0.4) is 0 Å². The molecule has 1 aliphatic heterocycles. The summed E-state index contributed by atoms with van der Waals surface area (Å²) >= 11 is 0. The summed E-state index contributed by atoms with van der Waals surface area (Å²) in [5.74, 6) is 0.0964.